The summed E-state index contributed by atoms with van der Waals surface area (Å²) in [6.45, 7) is 1.75. The second-order valence-electron chi connectivity index (χ2n) is 4.53. The zero-order chi connectivity index (χ0) is 14.5. The highest BCUT2D eigenvalue weighted by molar-refractivity contribution is 5.94. The molecule has 0 bridgehead atoms. The zero-order valence-corrected chi connectivity index (χ0v) is 10.9. The lowest BCUT2D eigenvalue weighted by Gasteiger charge is -2.16. The summed E-state index contributed by atoms with van der Waals surface area (Å²) in [7, 11) is 0. The van der Waals surface area contributed by atoms with Crippen LogP contribution in [-0.2, 0) is 0 Å². The Morgan fingerprint density at radius 2 is 2.35 bits per heavy atom. The van der Waals surface area contributed by atoms with Gasteiger partial charge in [-0.25, -0.2) is 4.39 Å². The maximum Gasteiger partial charge on any atom is 0.253 e. The van der Waals surface area contributed by atoms with Crippen molar-refractivity contribution in [2.24, 2.45) is 0 Å². The number of amides is 1. The average molecular weight is 278 g/mol. The molecule has 0 fully saturated rings. The standard InChI is InChI=1S/C14H15FN2O3/c1-9(5-12(18)13-3-2-4-20-13)17-14(19)10-6-11(15)8-16-7-10/h2-4,6-9,12,18H,5H2,1H3,(H,17,19)/t9-,12-/m1/s1. The van der Waals surface area contributed by atoms with Crippen LogP contribution in [0.25, 0.3) is 0 Å². The summed E-state index contributed by atoms with van der Waals surface area (Å²) < 4.78 is 18.0. The second-order valence-corrected chi connectivity index (χ2v) is 4.53. The number of pyridine rings is 1. The summed E-state index contributed by atoms with van der Waals surface area (Å²) in [5.41, 5.74) is 0.143. The molecule has 106 valence electrons. The van der Waals surface area contributed by atoms with E-state index in [1.165, 1.54) is 12.5 Å². The molecule has 1 amide bonds. The molecule has 5 nitrogen and oxygen atoms in total. The van der Waals surface area contributed by atoms with Crippen LogP contribution < -0.4 is 5.32 Å². The van der Waals surface area contributed by atoms with E-state index in [1.54, 1.807) is 19.1 Å². The van der Waals surface area contributed by atoms with Crippen molar-refractivity contribution in [3.63, 3.8) is 0 Å². The minimum absolute atomic E-state index is 0.143. The highest BCUT2D eigenvalue weighted by atomic mass is 19.1. The molecule has 20 heavy (non-hydrogen) atoms. The molecule has 2 atom stereocenters. The summed E-state index contributed by atoms with van der Waals surface area (Å²) in [5.74, 6) is -0.560. The molecule has 0 aliphatic rings. The summed E-state index contributed by atoms with van der Waals surface area (Å²) in [4.78, 5) is 15.5. The van der Waals surface area contributed by atoms with Crippen molar-refractivity contribution >= 4 is 5.91 Å². The Morgan fingerprint density at radius 1 is 1.55 bits per heavy atom. The van der Waals surface area contributed by atoms with Crippen molar-refractivity contribution in [2.45, 2.75) is 25.5 Å². The normalized spacial score (nSPS) is 13.8. The van der Waals surface area contributed by atoms with Crippen LogP contribution in [0.5, 0.6) is 0 Å². The molecule has 2 heterocycles. The fraction of sp³-hybridized carbons (Fsp3) is 0.286. The molecular weight excluding hydrogens is 263 g/mol. The smallest absolute Gasteiger partial charge is 0.253 e. The van der Waals surface area contributed by atoms with E-state index in [1.807, 2.05) is 0 Å². The first-order valence-electron chi connectivity index (χ1n) is 6.19. The Morgan fingerprint density at radius 3 is 3.00 bits per heavy atom. The molecule has 2 rings (SSSR count). The van der Waals surface area contributed by atoms with Crippen molar-refractivity contribution in [1.29, 1.82) is 0 Å². The van der Waals surface area contributed by atoms with E-state index in [-0.39, 0.29) is 11.6 Å². The van der Waals surface area contributed by atoms with E-state index in [0.29, 0.717) is 12.2 Å². The molecule has 0 saturated heterocycles. The number of aliphatic hydroxyl groups excluding tert-OH is 1. The van der Waals surface area contributed by atoms with Gasteiger partial charge in [-0.1, -0.05) is 0 Å². The second kappa shape index (κ2) is 6.29. The Balaban J connectivity index is 1.91. The van der Waals surface area contributed by atoms with Gasteiger partial charge in [0, 0.05) is 18.7 Å². The number of nitrogens with one attached hydrogen (secondary N) is 1. The lowest BCUT2D eigenvalue weighted by atomic mass is 10.1. The third kappa shape index (κ3) is 3.64. The number of rotatable bonds is 5. The van der Waals surface area contributed by atoms with Gasteiger partial charge in [0.2, 0.25) is 0 Å². The van der Waals surface area contributed by atoms with Gasteiger partial charge >= 0.3 is 0 Å². The van der Waals surface area contributed by atoms with Crippen molar-refractivity contribution < 1.29 is 18.7 Å². The first-order valence-corrected chi connectivity index (χ1v) is 6.19. The van der Waals surface area contributed by atoms with E-state index in [0.717, 1.165) is 12.3 Å². The Kier molecular flexibility index (Phi) is 4.47. The lowest BCUT2D eigenvalue weighted by Crippen LogP contribution is -2.33. The van der Waals surface area contributed by atoms with Gasteiger partial charge in [0.25, 0.3) is 5.91 Å². The number of nitrogens with zero attached hydrogens (tertiary/aromatic N) is 1. The fourth-order valence-electron chi connectivity index (χ4n) is 1.83. The van der Waals surface area contributed by atoms with Crippen LogP contribution in [0, 0.1) is 5.82 Å². The van der Waals surface area contributed by atoms with E-state index < -0.39 is 17.8 Å². The number of carbonyl (C=O) groups excluding carboxylic acids is 1. The molecule has 6 heteroatoms. The van der Waals surface area contributed by atoms with Gasteiger partial charge in [0.05, 0.1) is 18.0 Å². The number of carbonyl (C=O) groups is 1. The van der Waals surface area contributed by atoms with Crippen LogP contribution in [0.4, 0.5) is 4.39 Å². The van der Waals surface area contributed by atoms with E-state index in [9.17, 15) is 14.3 Å². The highest BCUT2D eigenvalue weighted by Crippen LogP contribution is 2.18. The molecule has 0 saturated carbocycles. The maximum atomic E-state index is 13.0. The zero-order valence-electron chi connectivity index (χ0n) is 10.9. The van der Waals surface area contributed by atoms with Gasteiger partial charge in [-0.15, -0.1) is 0 Å². The molecule has 0 aliphatic carbocycles. The molecule has 0 unspecified atom stereocenters. The minimum Gasteiger partial charge on any atom is -0.467 e. The lowest BCUT2D eigenvalue weighted by molar-refractivity contribution is 0.0902. The number of hydrogen-bond donors (Lipinski definition) is 2. The van der Waals surface area contributed by atoms with Gasteiger partial charge in [0.15, 0.2) is 0 Å². The quantitative estimate of drug-likeness (QED) is 0.877. The predicted octanol–water partition coefficient (Wildman–Crippen LogP) is 2.06. The number of furan rings is 1. The van der Waals surface area contributed by atoms with Crippen LogP contribution in [0.2, 0.25) is 0 Å². The number of aromatic nitrogens is 1. The van der Waals surface area contributed by atoms with Gasteiger partial charge in [-0.05, 0) is 25.1 Å². The number of hydrogen-bond acceptors (Lipinski definition) is 4. The molecule has 0 spiro atoms. The van der Waals surface area contributed by atoms with Crippen molar-refractivity contribution in [3.05, 3.63) is 54.0 Å². The van der Waals surface area contributed by atoms with Gasteiger partial charge in [-0.3, -0.25) is 9.78 Å². The molecule has 0 aromatic carbocycles. The predicted molar refractivity (Wildman–Crippen MR) is 69.4 cm³/mol. The third-order valence-corrected chi connectivity index (χ3v) is 2.79. The number of aliphatic hydroxyl groups is 1. The van der Waals surface area contributed by atoms with Crippen molar-refractivity contribution in [2.75, 3.05) is 0 Å². The maximum absolute atomic E-state index is 13.0. The van der Waals surface area contributed by atoms with Crippen LogP contribution in [-0.4, -0.2) is 22.0 Å². The van der Waals surface area contributed by atoms with E-state index in [4.69, 9.17) is 4.42 Å². The Bertz CT molecular complexity index is 572. The molecule has 2 aromatic heterocycles. The van der Waals surface area contributed by atoms with Crippen LogP contribution in [0.3, 0.4) is 0 Å². The summed E-state index contributed by atoms with van der Waals surface area (Å²) in [6, 6.07) is 4.15. The first kappa shape index (κ1) is 14.2. The fourth-order valence-corrected chi connectivity index (χ4v) is 1.83. The van der Waals surface area contributed by atoms with Gasteiger partial charge in [0.1, 0.15) is 17.7 Å². The summed E-state index contributed by atoms with van der Waals surface area (Å²) >= 11 is 0. The molecule has 2 N–H and O–H groups in total. The highest BCUT2D eigenvalue weighted by Gasteiger charge is 2.17. The third-order valence-electron chi connectivity index (χ3n) is 2.79. The molecular formula is C14H15FN2O3. The average Bonchev–Trinajstić information content (AvgIpc) is 2.92. The van der Waals surface area contributed by atoms with E-state index >= 15 is 0 Å². The molecule has 0 aliphatic heterocycles. The molecule has 0 radical (unpaired) electrons. The largest absolute Gasteiger partial charge is 0.467 e. The topological polar surface area (TPSA) is 75.4 Å². The number of halogens is 1. The SMILES string of the molecule is C[C@H](C[C@@H](O)c1ccco1)NC(=O)c1cncc(F)c1. The summed E-state index contributed by atoms with van der Waals surface area (Å²) in [6.07, 6.45) is 3.28. The Hall–Kier alpha value is -2.21. The minimum atomic E-state index is -0.800. The van der Waals surface area contributed by atoms with E-state index in [2.05, 4.69) is 10.3 Å². The molecule has 2 aromatic rings. The van der Waals surface area contributed by atoms with Crippen molar-refractivity contribution in [3.8, 4) is 0 Å². The van der Waals surface area contributed by atoms with Crippen molar-refractivity contribution in [1.82, 2.24) is 10.3 Å². The van der Waals surface area contributed by atoms with Crippen LogP contribution in [0.1, 0.15) is 35.6 Å². The van der Waals surface area contributed by atoms with Crippen LogP contribution >= 0.6 is 0 Å². The summed E-state index contributed by atoms with van der Waals surface area (Å²) in [5, 5.41) is 12.6. The van der Waals surface area contributed by atoms with Gasteiger partial charge in [-0.2, -0.15) is 0 Å². The Labute approximate surface area is 115 Å². The first-order chi connectivity index (χ1) is 9.56. The van der Waals surface area contributed by atoms with Gasteiger partial charge < -0.3 is 14.8 Å². The van der Waals surface area contributed by atoms with Crippen LogP contribution in [0.15, 0.2) is 41.3 Å². The monoisotopic (exact) mass is 278 g/mol.